The molecule has 0 saturated carbocycles. The molecule has 0 aromatic heterocycles. The molecule has 6 heteroatoms. The second-order valence-electron chi connectivity index (χ2n) is 4.93. The molecule has 0 spiro atoms. The topological polar surface area (TPSA) is 75.7 Å². The summed E-state index contributed by atoms with van der Waals surface area (Å²) < 4.78 is 5.30. The minimum atomic E-state index is -0.790. The minimum absolute atomic E-state index is 0.0375. The lowest BCUT2D eigenvalue weighted by Crippen LogP contribution is -2.59. The van der Waals surface area contributed by atoms with Crippen LogP contribution in [0.15, 0.2) is 0 Å². The van der Waals surface area contributed by atoms with E-state index < -0.39 is 23.8 Å². The van der Waals surface area contributed by atoms with Gasteiger partial charge in [0, 0.05) is 0 Å². The Morgan fingerprint density at radius 2 is 1.83 bits per heavy atom. The quantitative estimate of drug-likeness (QED) is 0.737. The van der Waals surface area contributed by atoms with Crippen molar-refractivity contribution in [2.45, 2.75) is 33.8 Å². The van der Waals surface area contributed by atoms with Crippen molar-refractivity contribution >= 4 is 17.8 Å². The highest BCUT2D eigenvalue weighted by molar-refractivity contribution is 6.16. The maximum atomic E-state index is 12.1. The molecule has 1 heterocycles. The van der Waals surface area contributed by atoms with Crippen molar-refractivity contribution in [3.05, 3.63) is 0 Å². The van der Waals surface area contributed by atoms with Gasteiger partial charge >= 0.3 is 6.03 Å². The van der Waals surface area contributed by atoms with Crippen LogP contribution in [0.2, 0.25) is 0 Å². The van der Waals surface area contributed by atoms with Gasteiger partial charge in [-0.1, -0.05) is 13.8 Å². The molecular formula is C12H20N2O4. The number of imide groups is 2. The Kier molecular flexibility index (Phi) is 4.84. The molecule has 0 radical (unpaired) electrons. The van der Waals surface area contributed by atoms with Crippen LogP contribution < -0.4 is 5.32 Å². The average Bonchev–Trinajstić information content (AvgIpc) is 2.21. The molecule has 4 amide bonds. The predicted molar refractivity (Wildman–Crippen MR) is 64.7 cm³/mol. The largest absolute Gasteiger partial charge is 0.377 e. The summed E-state index contributed by atoms with van der Waals surface area (Å²) in [7, 11) is 0. The molecular weight excluding hydrogens is 236 g/mol. The normalized spacial score (nSPS) is 20.9. The van der Waals surface area contributed by atoms with E-state index in [9.17, 15) is 14.4 Å². The highest BCUT2D eigenvalue weighted by atomic mass is 16.5. The Bertz CT molecular complexity index is 352. The summed E-state index contributed by atoms with van der Waals surface area (Å²) in [6.07, 6.45) is 0.0375. The van der Waals surface area contributed by atoms with Crippen LogP contribution in [-0.4, -0.2) is 42.0 Å². The van der Waals surface area contributed by atoms with Gasteiger partial charge in [-0.3, -0.25) is 19.8 Å². The van der Waals surface area contributed by atoms with E-state index in [0.717, 1.165) is 4.90 Å². The van der Waals surface area contributed by atoms with E-state index >= 15 is 0 Å². The maximum absolute atomic E-state index is 12.1. The number of nitrogens with one attached hydrogen (secondary N) is 1. The van der Waals surface area contributed by atoms with Crippen LogP contribution in [0.25, 0.3) is 0 Å². The third-order valence-corrected chi connectivity index (χ3v) is 2.72. The van der Waals surface area contributed by atoms with E-state index in [1.54, 1.807) is 13.8 Å². The third kappa shape index (κ3) is 3.29. The fraction of sp³-hybridized carbons (Fsp3) is 0.750. The Morgan fingerprint density at radius 1 is 1.22 bits per heavy atom. The minimum Gasteiger partial charge on any atom is -0.377 e. The number of ether oxygens (including phenoxy) is 1. The first-order valence-corrected chi connectivity index (χ1v) is 6.12. The van der Waals surface area contributed by atoms with Gasteiger partial charge in [-0.15, -0.1) is 0 Å². The molecule has 0 aromatic rings. The number of amides is 4. The van der Waals surface area contributed by atoms with Gasteiger partial charge in [-0.25, -0.2) is 4.79 Å². The SMILES string of the molecule is CC(C)OCCN1C(=O)NC(=O)C(C(C)C)C1=O. The maximum Gasteiger partial charge on any atom is 0.330 e. The van der Waals surface area contributed by atoms with Gasteiger partial charge < -0.3 is 4.74 Å². The summed E-state index contributed by atoms with van der Waals surface area (Å²) >= 11 is 0. The van der Waals surface area contributed by atoms with Crippen LogP contribution in [0.5, 0.6) is 0 Å². The Hall–Kier alpha value is -1.43. The van der Waals surface area contributed by atoms with Crippen LogP contribution in [0.1, 0.15) is 27.7 Å². The Labute approximate surface area is 107 Å². The first-order chi connectivity index (χ1) is 8.34. The van der Waals surface area contributed by atoms with E-state index in [1.165, 1.54) is 0 Å². The zero-order valence-corrected chi connectivity index (χ0v) is 11.2. The molecule has 102 valence electrons. The van der Waals surface area contributed by atoms with E-state index in [2.05, 4.69) is 5.32 Å². The van der Waals surface area contributed by atoms with Crippen molar-refractivity contribution in [2.24, 2.45) is 11.8 Å². The van der Waals surface area contributed by atoms with E-state index in [-0.39, 0.29) is 25.2 Å². The van der Waals surface area contributed by atoms with Crippen LogP contribution >= 0.6 is 0 Å². The van der Waals surface area contributed by atoms with Crippen LogP contribution in [0.4, 0.5) is 4.79 Å². The summed E-state index contributed by atoms with van der Waals surface area (Å²) in [4.78, 5) is 36.3. The number of rotatable bonds is 5. The second-order valence-corrected chi connectivity index (χ2v) is 4.93. The summed E-state index contributed by atoms with van der Waals surface area (Å²) in [5, 5.41) is 2.20. The number of urea groups is 1. The van der Waals surface area contributed by atoms with Gasteiger partial charge in [0.05, 0.1) is 19.3 Å². The summed E-state index contributed by atoms with van der Waals surface area (Å²) in [5.41, 5.74) is 0. The molecule has 18 heavy (non-hydrogen) atoms. The number of hydrogen-bond acceptors (Lipinski definition) is 4. The lowest BCUT2D eigenvalue weighted by atomic mass is 9.92. The average molecular weight is 256 g/mol. The fourth-order valence-electron chi connectivity index (χ4n) is 1.81. The third-order valence-electron chi connectivity index (χ3n) is 2.72. The molecule has 0 aliphatic carbocycles. The van der Waals surface area contributed by atoms with Crippen LogP contribution in [-0.2, 0) is 14.3 Å². The smallest absolute Gasteiger partial charge is 0.330 e. The molecule has 6 nitrogen and oxygen atoms in total. The summed E-state index contributed by atoms with van der Waals surface area (Å²) in [6.45, 7) is 7.74. The molecule has 1 aliphatic heterocycles. The first kappa shape index (κ1) is 14.6. The molecule has 1 fully saturated rings. The van der Waals surface area contributed by atoms with Crippen molar-refractivity contribution in [3.8, 4) is 0 Å². The molecule has 1 N–H and O–H groups in total. The van der Waals surface area contributed by atoms with E-state index in [0.29, 0.717) is 0 Å². The van der Waals surface area contributed by atoms with E-state index in [4.69, 9.17) is 4.74 Å². The molecule has 1 atom stereocenters. The van der Waals surface area contributed by atoms with Crippen molar-refractivity contribution in [1.82, 2.24) is 10.2 Å². The summed E-state index contributed by atoms with van der Waals surface area (Å²) in [5.74, 6) is -1.88. The highest BCUT2D eigenvalue weighted by Crippen LogP contribution is 2.18. The fourth-order valence-corrected chi connectivity index (χ4v) is 1.81. The molecule has 1 saturated heterocycles. The number of carbonyl (C=O) groups excluding carboxylic acids is 3. The summed E-state index contributed by atoms with van der Waals surface area (Å²) in [6, 6.07) is -0.658. The number of nitrogens with zero attached hydrogens (tertiary/aromatic N) is 1. The molecule has 1 unspecified atom stereocenters. The van der Waals surface area contributed by atoms with Crippen molar-refractivity contribution in [1.29, 1.82) is 0 Å². The lowest BCUT2D eigenvalue weighted by molar-refractivity contribution is -0.145. The van der Waals surface area contributed by atoms with Gasteiger partial charge in [0.1, 0.15) is 5.92 Å². The standard InChI is InChI=1S/C12H20N2O4/c1-7(2)9-10(15)13-12(17)14(11(9)16)5-6-18-8(3)4/h7-9H,5-6H2,1-4H3,(H,13,15,17). The monoisotopic (exact) mass is 256 g/mol. The number of barbiturate groups is 1. The van der Waals surface area contributed by atoms with Gasteiger partial charge in [0.15, 0.2) is 0 Å². The zero-order valence-electron chi connectivity index (χ0n) is 11.2. The van der Waals surface area contributed by atoms with Gasteiger partial charge in [-0.2, -0.15) is 0 Å². The van der Waals surface area contributed by atoms with E-state index in [1.807, 2.05) is 13.8 Å². The second kappa shape index (κ2) is 5.95. The highest BCUT2D eigenvalue weighted by Gasteiger charge is 2.41. The lowest BCUT2D eigenvalue weighted by Gasteiger charge is -2.31. The van der Waals surface area contributed by atoms with Crippen molar-refractivity contribution in [2.75, 3.05) is 13.2 Å². The van der Waals surface area contributed by atoms with Crippen LogP contribution in [0.3, 0.4) is 0 Å². The van der Waals surface area contributed by atoms with Gasteiger partial charge in [0.2, 0.25) is 11.8 Å². The van der Waals surface area contributed by atoms with Crippen LogP contribution in [0, 0.1) is 11.8 Å². The Balaban J connectivity index is 2.68. The van der Waals surface area contributed by atoms with Crippen molar-refractivity contribution < 1.29 is 19.1 Å². The first-order valence-electron chi connectivity index (χ1n) is 6.12. The number of carbonyl (C=O) groups is 3. The van der Waals surface area contributed by atoms with Gasteiger partial charge in [-0.05, 0) is 19.8 Å². The Morgan fingerprint density at radius 3 is 2.33 bits per heavy atom. The van der Waals surface area contributed by atoms with Crippen molar-refractivity contribution in [3.63, 3.8) is 0 Å². The number of hydrogen-bond donors (Lipinski definition) is 1. The molecule has 0 bridgehead atoms. The predicted octanol–water partition coefficient (Wildman–Crippen LogP) is 0.762. The molecule has 1 aliphatic rings. The zero-order chi connectivity index (χ0) is 13.9. The molecule has 0 aromatic carbocycles. The molecule has 1 rings (SSSR count). The van der Waals surface area contributed by atoms with Gasteiger partial charge in [0.25, 0.3) is 0 Å².